The van der Waals surface area contributed by atoms with Crippen molar-refractivity contribution in [1.29, 1.82) is 0 Å². The maximum absolute atomic E-state index is 13.0. The van der Waals surface area contributed by atoms with Crippen LogP contribution in [0.25, 0.3) is 0 Å². The predicted octanol–water partition coefficient (Wildman–Crippen LogP) is 20.4. The van der Waals surface area contributed by atoms with Gasteiger partial charge in [-0.3, -0.25) is 37.3 Å². The van der Waals surface area contributed by atoms with Crippen LogP contribution in [0.1, 0.15) is 363 Å². The van der Waals surface area contributed by atoms with Crippen molar-refractivity contribution in [2.45, 2.75) is 381 Å². The second-order valence-corrected chi connectivity index (χ2v) is 29.3. The quantitative estimate of drug-likeness (QED) is 0.0222. The molecule has 3 unspecified atom stereocenters. The van der Waals surface area contributed by atoms with Crippen molar-refractivity contribution in [3.63, 3.8) is 0 Å². The summed E-state index contributed by atoms with van der Waals surface area (Å²) in [6.07, 6.45) is 48.8. The number of rotatable bonds is 70. The highest BCUT2D eigenvalue weighted by Crippen LogP contribution is 2.45. The van der Waals surface area contributed by atoms with Crippen LogP contribution in [0, 0.1) is 11.8 Å². The van der Waals surface area contributed by atoms with E-state index in [2.05, 4.69) is 41.5 Å². The van der Waals surface area contributed by atoms with Crippen LogP contribution in [0.5, 0.6) is 0 Å². The highest BCUT2D eigenvalue weighted by Gasteiger charge is 2.30. The lowest BCUT2D eigenvalue weighted by Crippen LogP contribution is -2.30. The predicted molar refractivity (Wildman–Crippen MR) is 363 cm³/mol. The highest BCUT2D eigenvalue weighted by atomic mass is 31.2. The molecule has 3 N–H and O–H groups in total. The molecule has 534 valence electrons. The first kappa shape index (κ1) is 88.1. The van der Waals surface area contributed by atoms with Crippen molar-refractivity contribution in [2.24, 2.45) is 11.8 Å². The van der Waals surface area contributed by atoms with Gasteiger partial charge in [0.25, 0.3) is 0 Å². The van der Waals surface area contributed by atoms with Crippen LogP contribution in [-0.2, 0) is 65.4 Å². The Labute approximate surface area is 549 Å². The van der Waals surface area contributed by atoms with Gasteiger partial charge in [-0.15, -0.1) is 0 Å². The summed E-state index contributed by atoms with van der Waals surface area (Å²) in [6.45, 7) is 9.49. The maximum Gasteiger partial charge on any atom is 0.472 e. The van der Waals surface area contributed by atoms with E-state index in [1.807, 2.05) is 0 Å². The van der Waals surface area contributed by atoms with E-state index in [1.54, 1.807) is 0 Å². The molecule has 19 heteroatoms. The molecule has 0 spiro atoms. The lowest BCUT2D eigenvalue weighted by atomic mass is 10.00. The van der Waals surface area contributed by atoms with Crippen molar-refractivity contribution >= 4 is 39.5 Å². The number of unbranched alkanes of at least 4 members (excludes halogenated alkanes) is 39. The van der Waals surface area contributed by atoms with E-state index >= 15 is 0 Å². The number of aliphatic hydroxyl groups is 1. The first-order valence-electron chi connectivity index (χ1n) is 37.0. The average Bonchev–Trinajstić information content (AvgIpc) is 3.26. The number of hydrogen-bond donors (Lipinski definition) is 3. The molecule has 0 aromatic rings. The summed E-state index contributed by atoms with van der Waals surface area (Å²) >= 11 is 0. The van der Waals surface area contributed by atoms with Gasteiger partial charge in [-0.25, -0.2) is 9.13 Å². The number of carbonyl (C=O) groups excluding carboxylic acids is 4. The van der Waals surface area contributed by atoms with Crippen LogP contribution < -0.4 is 0 Å². The Balaban J connectivity index is 5.20. The SMILES string of the molecule is CCCCCCCCCCCCCCCCCCC(=O)OC[C@H](COP(=O)(O)OC[C@@H](O)COP(=O)(O)OC[C@@H](COC(=O)CCCCCCCCC)OC(=O)CCCCCCCCC(C)CC)OC(=O)CCCCCCCCCCCCCCCCC(C)C. The van der Waals surface area contributed by atoms with Crippen LogP contribution >= 0.6 is 15.6 Å². The fourth-order valence-corrected chi connectivity index (χ4v) is 12.3. The fraction of sp³-hybridized carbons (Fsp3) is 0.944. The van der Waals surface area contributed by atoms with Gasteiger partial charge in [-0.05, 0) is 37.5 Å². The molecule has 0 aliphatic rings. The molecule has 0 amide bonds. The number of ether oxygens (including phenoxy) is 4. The summed E-state index contributed by atoms with van der Waals surface area (Å²) < 4.78 is 68.2. The minimum absolute atomic E-state index is 0.103. The smallest absolute Gasteiger partial charge is 0.462 e. The summed E-state index contributed by atoms with van der Waals surface area (Å²) in [6, 6.07) is 0. The number of esters is 4. The van der Waals surface area contributed by atoms with Crippen LogP contribution in [0.3, 0.4) is 0 Å². The average molecular weight is 1330 g/mol. The van der Waals surface area contributed by atoms with Crippen LogP contribution in [0.2, 0.25) is 0 Å². The second-order valence-electron chi connectivity index (χ2n) is 26.3. The highest BCUT2D eigenvalue weighted by molar-refractivity contribution is 7.47. The normalized spacial score (nSPS) is 14.4. The van der Waals surface area contributed by atoms with Gasteiger partial charge in [-0.2, -0.15) is 0 Å². The first-order valence-corrected chi connectivity index (χ1v) is 40.0. The molecule has 17 nitrogen and oxygen atoms in total. The maximum atomic E-state index is 13.0. The molecule has 0 saturated carbocycles. The summed E-state index contributed by atoms with van der Waals surface area (Å²) in [5, 5.41) is 10.6. The standard InChI is InChI=1S/C71H138O17P2/c1-7-10-12-14-16-17-18-19-20-21-25-28-31-35-42-48-54-69(74)82-60-66(87-70(75)55-49-43-36-32-29-26-23-22-24-27-30-34-39-45-51-63(4)5)61-85-89(77,78)83-57-65(72)58-84-90(79,80)86-62-67(59-81-68(73)53-47-41-33-15-13-11-8-2)88-71(76)56-50-44-38-37-40-46-52-64(6)9-3/h63-67,72H,7-62H2,1-6H3,(H,77,78)(H,79,80)/t64?,65-,66-,67-/m1/s1. The zero-order valence-corrected chi connectivity index (χ0v) is 60.2. The Bertz CT molecular complexity index is 1750. The molecular weight excluding hydrogens is 1190 g/mol. The van der Waals surface area contributed by atoms with Gasteiger partial charge in [-0.1, -0.05) is 311 Å². The van der Waals surface area contributed by atoms with E-state index in [-0.39, 0.29) is 25.7 Å². The number of phosphoric acid groups is 2. The van der Waals surface area contributed by atoms with Crippen molar-refractivity contribution in [2.75, 3.05) is 39.6 Å². The van der Waals surface area contributed by atoms with E-state index in [0.29, 0.717) is 25.7 Å². The molecule has 0 saturated heterocycles. The van der Waals surface area contributed by atoms with E-state index in [4.69, 9.17) is 37.0 Å². The third-order valence-electron chi connectivity index (χ3n) is 16.8. The summed E-state index contributed by atoms with van der Waals surface area (Å²) in [5.41, 5.74) is 0. The Kier molecular flexibility index (Phi) is 61.8. The third-order valence-corrected chi connectivity index (χ3v) is 18.7. The van der Waals surface area contributed by atoms with Crippen LogP contribution in [-0.4, -0.2) is 96.7 Å². The summed E-state index contributed by atoms with van der Waals surface area (Å²) in [5.74, 6) is -0.614. The molecule has 0 bridgehead atoms. The molecular formula is C71H138O17P2. The van der Waals surface area contributed by atoms with E-state index in [1.165, 1.54) is 167 Å². The topological polar surface area (TPSA) is 237 Å². The van der Waals surface area contributed by atoms with E-state index < -0.39 is 97.5 Å². The van der Waals surface area contributed by atoms with Crippen molar-refractivity contribution in [3.05, 3.63) is 0 Å². The molecule has 0 aromatic carbocycles. The largest absolute Gasteiger partial charge is 0.472 e. The molecule has 0 aliphatic carbocycles. The van der Waals surface area contributed by atoms with Gasteiger partial charge >= 0.3 is 39.5 Å². The van der Waals surface area contributed by atoms with Gasteiger partial charge in [0.1, 0.15) is 19.3 Å². The van der Waals surface area contributed by atoms with Crippen molar-refractivity contribution in [3.8, 4) is 0 Å². The minimum Gasteiger partial charge on any atom is -0.462 e. The zero-order valence-electron chi connectivity index (χ0n) is 58.4. The van der Waals surface area contributed by atoms with Gasteiger partial charge in [0.15, 0.2) is 12.2 Å². The number of carbonyl (C=O) groups is 4. The van der Waals surface area contributed by atoms with Gasteiger partial charge in [0.05, 0.1) is 26.4 Å². The number of hydrogen-bond acceptors (Lipinski definition) is 15. The molecule has 0 fully saturated rings. The second kappa shape index (κ2) is 63.1. The lowest BCUT2D eigenvalue weighted by Gasteiger charge is -2.21. The molecule has 6 atom stereocenters. The van der Waals surface area contributed by atoms with E-state index in [0.717, 1.165) is 115 Å². The van der Waals surface area contributed by atoms with E-state index in [9.17, 15) is 43.2 Å². The molecule has 90 heavy (non-hydrogen) atoms. The molecule has 0 aromatic heterocycles. The fourth-order valence-electron chi connectivity index (χ4n) is 10.7. The molecule has 0 rings (SSSR count). The zero-order chi connectivity index (χ0) is 66.5. The minimum atomic E-state index is -4.95. The number of aliphatic hydroxyl groups excluding tert-OH is 1. The van der Waals surface area contributed by atoms with Crippen LogP contribution in [0.4, 0.5) is 0 Å². The van der Waals surface area contributed by atoms with Crippen molar-refractivity contribution in [1.82, 2.24) is 0 Å². The Morgan fingerprint density at radius 1 is 0.322 bits per heavy atom. The van der Waals surface area contributed by atoms with Gasteiger partial charge in [0.2, 0.25) is 0 Å². The van der Waals surface area contributed by atoms with Crippen molar-refractivity contribution < 1.29 is 80.2 Å². The number of phosphoric ester groups is 2. The third kappa shape index (κ3) is 63.5. The Morgan fingerprint density at radius 2 is 0.567 bits per heavy atom. The summed E-state index contributed by atoms with van der Waals surface area (Å²) in [7, 11) is -9.90. The van der Waals surface area contributed by atoms with Crippen LogP contribution in [0.15, 0.2) is 0 Å². The monoisotopic (exact) mass is 1320 g/mol. The van der Waals surface area contributed by atoms with Gasteiger partial charge < -0.3 is 33.8 Å². The molecule has 0 radical (unpaired) electrons. The van der Waals surface area contributed by atoms with Gasteiger partial charge in [0, 0.05) is 25.7 Å². The summed E-state index contributed by atoms with van der Waals surface area (Å²) in [4.78, 5) is 72.4. The molecule has 0 heterocycles. The Morgan fingerprint density at radius 3 is 0.844 bits per heavy atom. The molecule has 0 aliphatic heterocycles. The first-order chi connectivity index (χ1) is 43.4. The Hall–Kier alpha value is -1.94. The lowest BCUT2D eigenvalue weighted by molar-refractivity contribution is -0.161.